The Morgan fingerprint density at radius 3 is 2.00 bits per heavy atom. The molecule has 0 rings (SSSR count). The molecule has 9 heteroatoms. The molecule has 6 N–H and O–H groups in total. The summed E-state index contributed by atoms with van der Waals surface area (Å²) in [5, 5.41) is 21.9. The van der Waals surface area contributed by atoms with E-state index in [1.165, 1.54) is 6.92 Å². The summed E-state index contributed by atoms with van der Waals surface area (Å²) >= 11 is 0. The van der Waals surface area contributed by atoms with Gasteiger partial charge in [-0.1, -0.05) is 20.3 Å². The molecule has 0 spiro atoms. The average Bonchev–Trinajstić information content (AvgIpc) is 2.43. The van der Waals surface area contributed by atoms with Crippen LogP contribution in [0.15, 0.2) is 0 Å². The van der Waals surface area contributed by atoms with E-state index in [0.29, 0.717) is 6.42 Å². The van der Waals surface area contributed by atoms with Gasteiger partial charge in [0.05, 0.1) is 12.5 Å². The third kappa shape index (κ3) is 6.53. The van der Waals surface area contributed by atoms with E-state index in [1.54, 1.807) is 6.92 Å². The third-order valence-electron chi connectivity index (χ3n) is 3.31. The zero-order chi connectivity index (χ0) is 17.4. The van der Waals surface area contributed by atoms with Crippen LogP contribution < -0.4 is 16.4 Å². The molecule has 22 heavy (non-hydrogen) atoms. The van der Waals surface area contributed by atoms with Gasteiger partial charge >= 0.3 is 11.9 Å². The molecule has 9 nitrogen and oxygen atoms in total. The van der Waals surface area contributed by atoms with Crippen molar-refractivity contribution >= 4 is 23.8 Å². The Hall–Kier alpha value is -2.16. The highest BCUT2D eigenvalue weighted by Crippen LogP contribution is 2.05. The van der Waals surface area contributed by atoms with Crippen molar-refractivity contribution in [2.45, 2.75) is 51.7 Å². The minimum absolute atomic E-state index is 0.0750. The van der Waals surface area contributed by atoms with Gasteiger partial charge in [-0.3, -0.25) is 14.4 Å². The fraction of sp³-hybridized carbons (Fsp3) is 0.692. The first-order valence-corrected chi connectivity index (χ1v) is 6.91. The predicted molar refractivity (Wildman–Crippen MR) is 76.9 cm³/mol. The van der Waals surface area contributed by atoms with Crippen LogP contribution in [0.25, 0.3) is 0 Å². The Bertz CT molecular complexity index is 439. The number of carbonyl (C=O) groups is 4. The molecule has 0 aliphatic carbocycles. The first-order valence-electron chi connectivity index (χ1n) is 6.91. The van der Waals surface area contributed by atoms with E-state index < -0.39 is 48.3 Å². The second kappa shape index (κ2) is 8.98. The summed E-state index contributed by atoms with van der Waals surface area (Å²) < 4.78 is 0. The van der Waals surface area contributed by atoms with Crippen LogP contribution in [0.5, 0.6) is 0 Å². The van der Waals surface area contributed by atoms with Crippen LogP contribution in [0.3, 0.4) is 0 Å². The van der Waals surface area contributed by atoms with Gasteiger partial charge in [0.1, 0.15) is 12.1 Å². The number of aliphatic carboxylic acids is 2. The molecule has 4 atom stereocenters. The van der Waals surface area contributed by atoms with Crippen LogP contribution in [0.1, 0.15) is 33.6 Å². The predicted octanol–water partition coefficient (Wildman–Crippen LogP) is -1.09. The summed E-state index contributed by atoms with van der Waals surface area (Å²) in [6.07, 6.45) is -0.0665. The van der Waals surface area contributed by atoms with Crippen LogP contribution in [-0.2, 0) is 19.2 Å². The Morgan fingerprint density at radius 1 is 1.05 bits per heavy atom. The lowest BCUT2D eigenvalue weighted by Gasteiger charge is -2.21. The van der Waals surface area contributed by atoms with E-state index in [0.717, 1.165) is 0 Å². The Balaban J connectivity index is 4.62. The normalized spacial score (nSPS) is 16.0. The molecule has 0 saturated carbocycles. The summed E-state index contributed by atoms with van der Waals surface area (Å²) in [4.78, 5) is 45.0. The highest BCUT2D eigenvalue weighted by Gasteiger charge is 2.27. The van der Waals surface area contributed by atoms with E-state index in [9.17, 15) is 19.2 Å². The molecule has 0 fully saturated rings. The fourth-order valence-electron chi connectivity index (χ4n) is 1.56. The minimum atomic E-state index is -1.56. The van der Waals surface area contributed by atoms with Crippen molar-refractivity contribution in [3.8, 4) is 0 Å². The zero-order valence-corrected chi connectivity index (χ0v) is 12.8. The number of carboxylic acids is 2. The van der Waals surface area contributed by atoms with Crippen LogP contribution >= 0.6 is 0 Å². The van der Waals surface area contributed by atoms with Gasteiger partial charge in [0, 0.05) is 0 Å². The SMILES string of the molecule is CC[C@H](C)[C@H](N)C(=O)N[C@@H](C)C(=O)N[C@@H](CC(=O)O)C(=O)O. The number of carbonyl (C=O) groups excluding carboxylic acids is 2. The van der Waals surface area contributed by atoms with E-state index >= 15 is 0 Å². The van der Waals surface area contributed by atoms with Crippen molar-refractivity contribution in [3.63, 3.8) is 0 Å². The largest absolute Gasteiger partial charge is 0.481 e. The highest BCUT2D eigenvalue weighted by molar-refractivity contribution is 5.92. The van der Waals surface area contributed by atoms with E-state index in [2.05, 4.69) is 10.6 Å². The molecule has 0 bridgehead atoms. The van der Waals surface area contributed by atoms with Crippen LogP contribution in [0.2, 0.25) is 0 Å². The van der Waals surface area contributed by atoms with Gasteiger partial charge in [0.2, 0.25) is 11.8 Å². The number of rotatable bonds is 9. The molecular weight excluding hydrogens is 294 g/mol. The molecule has 126 valence electrons. The highest BCUT2D eigenvalue weighted by atomic mass is 16.4. The molecule has 0 aromatic rings. The Kier molecular flexibility index (Phi) is 8.10. The molecule has 0 heterocycles. The Morgan fingerprint density at radius 2 is 1.59 bits per heavy atom. The fourth-order valence-corrected chi connectivity index (χ4v) is 1.56. The van der Waals surface area contributed by atoms with Crippen molar-refractivity contribution < 1.29 is 29.4 Å². The van der Waals surface area contributed by atoms with Gasteiger partial charge in [-0.25, -0.2) is 4.79 Å². The summed E-state index contributed by atoms with van der Waals surface area (Å²) in [6, 6.07) is -3.37. The summed E-state index contributed by atoms with van der Waals surface area (Å²) in [5.74, 6) is -4.22. The maximum atomic E-state index is 11.8. The van der Waals surface area contributed by atoms with Gasteiger partial charge in [-0.05, 0) is 12.8 Å². The number of amides is 2. The number of nitrogens with two attached hydrogens (primary N) is 1. The van der Waals surface area contributed by atoms with Crippen LogP contribution in [0.4, 0.5) is 0 Å². The monoisotopic (exact) mass is 317 g/mol. The van der Waals surface area contributed by atoms with Crippen LogP contribution in [-0.4, -0.2) is 52.1 Å². The number of hydrogen-bond acceptors (Lipinski definition) is 5. The van der Waals surface area contributed by atoms with Crippen molar-refractivity contribution in [1.29, 1.82) is 0 Å². The second-order valence-corrected chi connectivity index (χ2v) is 5.14. The lowest BCUT2D eigenvalue weighted by molar-refractivity contribution is -0.147. The molecule has 2 amide bonds. The topological polar surface area (TPSA) is 159 Å². The first-order chi connectivity index (χ1) is 10.1. The van der Waals surface area contributed by atoms with Gasteiger partial charge in [0.25, 0.3) is 0 Å². The minimum Gasteiger partial charge on any atom is -0.481 e. The molecule has 0 aromatic heterocycles. The summed E-state index contributed by atoms with van der Waals surface area (Å²) in [6.45, 7) is 5.02. The Labute approximate surface area is 128 Å². The van der Waals surface area contributed by atoms with E-state index in [-0.39, 0.29) is 5.92 Å². The molecular formula is C13H23N3O6. The number of hydrogen-bond donors (Lipinski definition) is 5. The standard InChI is InChI=1S/C13H23N3O6/c1-4-6(2)10(14)12(20)15-7(3)11(19)16-8(13(21)22)5-9(17)18/h6-8,10H,4-5,14H2,1-3H3,(H,15,20)(H,16,19)(H,17,18)(H,21,22)/t6-,7-,8-,10-/m0/s1. The van der Waals surface area contributed by atoms with Crippen molar-refractivity contribution in [2.24, 2.45) is 11.7 Å². The molecule has 0 aliphatic rings. The van der Waals surface area contributed by atoms with Gasteiger partial charge in [0.15, 0.2) is 0 Å². The van der Waals surface area contributed by atoms with Crippen molar-refractivity contribution in [1.82, 2.24) is 10.6 Å². The third-order valence-corrected chi connectivity index (χ3v) is 3.31. The molecule has 0 saturated heterocycles. The molecule has 0 aromatic carbocycles. The van der Waals surface area contributed by atoms with E-state index in [4.69, 9.17) is 15.9 Å². The van der Waals surface area contributed by atoms with Crippen molar-refractivity contribution in [3.05, 3.63) is 0 Å². The second-order valence-electron chi connectivity index (χ2n) is 5.14. The number of carboxylic acid groups (broad SMARTS) is 2. The quantitative estimate of drug-likeness (QED) is 0.361. The average molecular weight is 317 g/mol. The number of nitrogens with one attached hydrogen (secondary N) is 2. The van der Waals surface area contributed by atoms with Crippen LogP contribution in [0, 0.1) is 5.92 Å². The van der Waals surface area contributed by atoms with E-state index in [1.807, 2.05) is 6.92 Å². The molecule has 0 aliphatic heterocycles. The first kappa shape index (κ1) is 19.8. The maximum absolute atomic E-state index is 11.8. The maximum Gasteiger partial charge on any atom is 0.326 e. The van der Waals surface area contributed by atoms with Crippen molar-refractivity contribution in [2.75, 3.05) is 0 Å². The lowest BCUT2D eigenvalue weighted by Crippen LogP contribution is -2.54. The zero-order valence-electron chi connectivity index (χ0n) is 12.8. The molecule has 0 unspecified atom stereocenters. The van der Waals surface area contributed by atoms with Gasteiger partial charge in [-0.15, -0.1) is 0 Å². The van der Waals surface area contributed by atoms with Gasteiger partial charge in [-0.2, -0.15) is 0 Å². The summed E-state index contributed by atoms with van der Waals surface area (Å²) in [5.41, 5.74) is 5.72. The molecule has 0 radical (unpaired) electrons. The smallest absolute Gasteiger partial charge is 0.326 e. The lowest BCUT2D eigenvalue weighted by atomic mass is 9.99. The van der Waals surface area contributed by atoms with Gasteiger partial charge < -0.3 is 26.6 Å². The summed E-state index contributed by atoms with van der Waals surface area (Å²) in [7, 11) is 0.